The molecule has 8 heteroatoms. The number of thiocarbonyl (C=S) groups is 1. The van der Waals surface area contributed by atoms with Crippen LogP contribution in [-0.2, 0) is 10.0 Å². The first-order valence-electron chi connectivity index (χ1n) is 4.64. The molecule has 1 aromatic rings. The number of hydrogen-bond donors (Lipinski definition) is 3. The molecular weight excluding hydrogens is 265 g/mol. The van der Waals surface area contributed by atoms with E-state index in [0.29, 0.717) is 5.69 Å². The summed E-state index contributed by atoms with van der Waals surface area (Å²) in [5.74, 6) is -0.821. The minimum absolute atomic E-state index is 0.0535. The van der Waals surface area contributed by atoms with Crippen molar-refractivity contribution in [1.82, 2.24) is 0 Å². The Morgan fingerprint density at radius 3 is 2.65 bits per heavy atom. The van der Waals surface area contributed by atoms with Crippen molar-refractivity contribution >= 4 is 32.9 Å². The molecule has 0 atom stereocenters. The lowest BCUT2D eigenvalue weighted by Crippen LogP contribution is -2.23. The normalized spacial score (nSPS) is 11.2. The molecule has 0 radical (unpaired) electrons. The fourth-order valence-electron chi connectivity index (χ4n) is 1.25. The quantitative estimate of drug-likeness (QED) is 0.666. The summed E-state index contributed by atoms with van der Waals surface area (Å²) in [5, 5.41) is 7.56. The summed E-state index contributed by atoms with van der Waals surface area (Å²) in [4.78, 5) is -0.0961. The number of rotatable bonds is 5. The van der Waals surface area contributed by atoms with Crippen molar-refractivity contribution in [2.45, 2.75) is 0 Å². The van der Waals surface area contributed by atoms with Crippen LogP contribution >= 0.6 is 12.2 Å². The second kappa shape index (κ2) is 5.39. The summed E-state index contributed by atoms with van der Waals surface area (Å²) >= 11 is 4.72. The molecule has 0 saturated carbocycles. The molecule has 1 rings (SSSR count). The zero-order chi connectivity index (χ0) is 13.1. The topological polar surface area (TPSA) is 98.2 Å². The minimum Gasteiger partial charge on any atom is -0.389 e. The van der Waals surface area contributed by atoms with E-state index in [1.165, 1.54) is 12.1 Å². The van der Waals surface area contributed by atoms with Gasteiger partial charge in [-0.3, -0.25) is 0 Å². The molecule has 0 aliphatic heterocycles. The fourth-order valence-corrected chi connectivity index (χ4v) is 1.84. The predicted octanol–water partition coefficient (Wildman–Crippen LogP) is 0.160. The van der Waals surface area contributed by atoms with E-state index >= 15 is 0 Å². The van der Waals surface area contributed by atoms with E-state index in [0.717, 1.165) is 0 Å². The van der Waals surface area contributed by atoms with Crippen molar-refractivity contribution in [3.8, 4) is 0 Å². The number of sulfonamides is 1. The standard InChI is InChI=1S/C9H12FN3O2S2/c10-6-2-1-3-7(8(6)9(11)16)13-4-5-17(12,14)15/h1-3,13H,4-5H2,(H2,11,16)(H2,12,14,15). The third kappa shape index (κ3) is 4.25. The van der Waals surface area contributed by atoms with Gasteiger partial charge in [0.1, 0.15) is 10.8 Å². The highest BCUT2D eigenvalue weighted by Gasteiger charge is 2.11. The van der Waals surface area contributed by atoms with Crippen LogP contribution < -0.4 is 16.2 Å². The van der Waals surface area contributed by atoms with Crippen LogP contribution in [-0.4, -0.2) is 25.7 Å². The van der Waals surface area contributed by atoms with Crippen molar-refractivity contribution in [3.05, 3.63) is 29.6 Å². The number of benzene rings is 1. The lowest BCUT2D eigenvalue weighted by molar-refractivity contribution is 0.598. The zero-order valence-electron chi connectivity index (χ0n) is 8.81. The summed E-state index contributed by atoms with van der Waals surface area (Å²) in [6.07, 6.45) is 0. The molecule has 0 bridgehead atoms. The summed E-state index contributed by atoms with van der Waals surface area (Å²) in [7, 11) is -3.56. The van der Waals surface area contributed by atoms with Gasteiger partial charge in [-0.2, -0.15) is 0 Å². The van der Waals surface area contributed by atoms with E-state index in [1.807, 2.05) is 0 Å². The van der Waals surface area contributed by atoms with Gasteiger partial charge in [-0.1, -0.05) is 18.3 Å². The van der Waals surface area contributed by atoms with Crippen LogP contribution in [0.2, 0.25) is 0 Å². The van der Waals surface area contributed by atoms with Crippen LogP contribution in [0.1, 0.15) is 5.56 Å². The minimum atomic E-state index is -3.56. The molecule has 0 heterocycles. The van der Waals surface area contributed by atoms with E-state index in [4.69, 9.17) is 23.1 Å². The lowest BCUT2D eigenvalue weighted by Gasteiger charge is -2.11. The third-order valence-corrected chi connectivity index (χ3v) is 2.94. The molecule has 0 aromatic heterocycles. The van der Waals surface area contributed by atoms with Crippen LogP contribution in [0.25, 0.3) is 0 Å². The Balaban J connectivity index is 2.85. The van der Waals surface area contributed by atoms with Gasteiger partial charge in [-0.15, -0.1) is 0 Å². The maximum absolute atomic E-state index is 13.4. The Bertz CT molecular complexity index is 531. The highest BCUT2D eigenvalue weighted by molar-refractivity contribution is 7.89. The Morgan fingerprint density at radius 2 is 2.12 bits per heavy atom. The molecule has 94 valence electrons. The second-order valence-electron chi connectivity index (χ2n) is 3.32. The van der Waals surface area contributed by atoms with Gasteiger partial charge in [-0.25, -0.2) is 17.9 Å². The molecule has 1 aromatic carbocycles. The van der Waals surface area contributed by atoms with Crippen LogP contribution in [0.15, 0.2) is 18.2 Å². The van der Waals surface area contributed by atoms with Gasteiger partial charge in [-0.05, 0) is 12.1 Å². The molecule has 0 saturated heterocycles. The first-order chi connectivity index (χ1) is 7.81. The molecule has 0 spiro atoms. The smallest absolute Gasteiger partial charge is 0.210 e. The monoisotopic (exact) mass is 277 g/mol. The van der Waals surface area contributed by atoms with E-state index in [-0.39, 0.29) is 22.8 Å². The summed E-state index contributed by atoms with van der Waals surface area (Å²) in [6.45, 7) is 0.0535. The van der Waals surface area contributed by atoms with Gasteiger partial charge in [0, 0.05) is 12.2 Å². The summed E-state index contributed by atoms with van der Waals surface area (Å²) in [5.41, 5.74) is 5.80. The van der Waals surface area contributed by atoms with Crippen LogP contribution in [0.4, 0.5) is 10.1 Å². The van der Waals surface area contributed by atoms with E-state index in [9.17, 15) is 12.8 Å². The Kier molecular flexibility index (Phi) is 4.38. The Morgan fingerprint density at radius 1 is 1.47 bits per heavy atom. The average molecular weight is 277 g/mol. The van der Waals surface area contributed by atoms with Gasteiger partial charge >= 0.3 is 0 Å². The van der Waals surface area contributed by atoms with E-state index < -0.39 is 15.8 Å². The summed E-state index contributed by atoms with van der Waals surface area (Å²) < 4.78 is 34.9. The number of hydrogen-bond acceptors (Lipinski definition) is 4. The first-order valence-corrected chi connectivity index (χ1v) is 6.76. The van der Waals surface area contributed by atoms with Crippen LogP contribution in [0.3, 0.4) is 0 Å². The van der Waals surface area contributed by atoms with Gasteiger partial charge in [0.2, 0.25) is 10.0 Å². The molecule has 0 fully saturated rings. The third-order valence-electron chi connectivity index (χ3n) is 1.96. The van der Waals surface area contributed by atoms with E-state index in [2.05, 4.69) is 5.32 Å². The molecule has 0 aliphatic rings. The van der Waals surface area contributed by atoms with Crippen LogP contribution in [0.5, 0.6) is 0 Å². The number of nitrogens with two attached hydrogens (primary N) is 2. The van der Waals surface area contributed by atoms with Gasteiger partial charge in [0.15, 0.2) is 0 Å². The largest absolute Gasteiger partial charge is 0.389 e. The molecule has 0 unspecified atom stereocenters. The second-order valence-corrected chi connectivity index (χ2v) is 5.49. The van der Waals surface area contributed by atoms with Crippen molar-refractivity contribution in [2.75, 3.05) is 17.6 Å². The molecule has 5 N–H and O–H groups in total. The highest BCUT2D eigenvalue weighted by Crippen LogP contribution is 2.18. The maximum atomic E-state index is 13.4. The SMILES string of the molecule is NC(=S)c1c(F)cccc1NCCS(N)(=O)=O. The van der Waals surface area contributed by atoms with E-state index in [1.54, 1.807) is 6.07 Å². The maximum Gasteiger partial charge on any atom is 0.210 e. The first kappa shape index (κ1) is 13.8. The molecular formula is C9H12FN3O2S2. The van der Waals surface area contributed by atoms with Crippen molar-refractivity contribution in [1.29, 1.82) is 0 Å². The van der Waals surface area contributed by atoms with Crippen LogP contribution in [0, 0.1) is 5.82 Å². The average Bonchev–Trinajstić information content (AvgIpc) is 2.14. The fraction of sp³-hybridized carbons (Fsp3) is 0.222. The lowest BCUT2D eigenvalue weighted by atomic mass is 10.1. The zero-order valence-corrected chi connectivity index (χ0v) is 10.4. The van der Waals surface area contributed by atoms with Crippen molar-refractivity contribution < 1.29 is 12.8 Å². The molecule has 5 nitrogen and oxygen atoms in total. The predicted molar refractivity (Wildman–Crippen MR) is 68.8 cm³/mol. The Labute approximate surface area is 104 Å². The van der Waals surface area contributed by atoms with Gasteiger partial charge in [0.05, 0.1) is 11.3 Å². The summed E-state index contributed by atoms with van der Waals surface area (Å²) in [6, 6.07) is 4.25. The molecule has 0 amide bonds. The highest BCUT2D eigenvalue weighted by atomic mass is 32.2. The number of nitrogens with one attached hydrogen (secondary N) is 1. The van der Waals surface area contributed by atoms with Gasteiger partial charge in [0.25, 0.3) is 0 Å². The molecule has 17 heavy (non-hydrogen) atoms. The number of halogens is 1. The number of primary sulfonamides is 1. The number of anilines is 1. The Hall–Kier alpha value is -1.25. The van der Waals surface area contributed by atoms with Gasteiger partial charge < -0.3 is 11.1 Å². The van der Waals surface area contributed by atoms with Crippen molar-refractivity contribution in [3.63, 3.8) is 0 Å². The molecule has 0 aliphatic carbocycles. The van der Waals surface area contributed by atoms with Crippen molar-refractivity contribution in [2.24, 2.45) is 10.9 Å².